The van der Waals surface area contributed by atoms with E-state index in [1.807, 2.05) is 36.4 Å². The molecular formula is C29H27N3O5S. The van der Waals surface area contributed by atoms with Gasteiger partial charge in [-0.15, -0.1) is 0 Å². The van der Waals surface area contributed by atoms with Crippen molar-refractivity contribution in [2.45, 2.75) is 19.3 Å². The molecule has 194 valence electrons. The molecule has 4 aromatic rings. The van der Waals surface area contributed by atoms with E-state index >= 15 is 0 Å². The van der Waals surface area contributed by atoms with Crippen LogP contribution in [0.2, 0.25) is 0 Å². The highest BCUT2D eigenvalue weighted by atomic mass is 32.1. The van der Waals surface area contributed by atoms with Crippen molar-refractivity contribution >= 4 is 50.0 Å². The zero-order valence-electron chi connectivity index (χ0n) is 20.5. The number of ketones is 1. The molecule has 1 aromatic heterocycles. The minimum atomic E-state index is -0.886. The number of Topliss-reactive ketones (excluding diaryl/α,β-unsaturated/α-hetero) is 1. The number of benzene rings is 3. The second-order valence-corrected chi connectivity index (χ2v) is 10.3. The molecule has 0 bridgehead atoms. The van der Waals surface area contributed by atoms with Crippen LogP contribution in [0.25, 0.3) is 21.3 Å². The highest BCUT2D eigenvalue weighted by Gasteiger charge is 2.37. The molecule has 5 rings (SSSR count). The van der Waals surface area contributed by atoms with Crippen molar-refractivity contribution in [3.63, 3.8) is 0 Å². The van der Waals surface area contributed by atoms with Gasteiger partial charge in [0.05, 0.1) is 22.7 Å². The first-order valence-electron chi connectivity index (χ1n) is 12.5. The molecule has 4 N–H and O–H groups in total. The molecule has 38 heavy (non-hydrogen) atoms. The van der Waals surface area contributed by atoms with E-state index in [2.05, 4.69) is 15.6 Å². The largest absolute Gasteiger partial charge is 0.481 e. The average Bonchev–Trinajstić information content (AvgIpc) is 3.58. The van der Waals surface area contributed by atoms with Gasteiger partial charge in [0.2, 0.25) is 0 Å². The van der Waals surface area contributed by atoms with E-state index in [0.29, 0.717) is 29.1 Å². The molecule has 0 saturated heterocycles. The highest BCUT2D eigenvalue weighted by molar-refractivity contribution is 7.22. The van der Waals surface area contributed by atoms with E-state index in [1.54, 1.807) is 30.3 Å². The lowest BCUT2D eigenvalue weighted by Gasteiger charge is -2.14. The summed E-state index contributed by atoms with van der Waals surface area (Å²) in [5.74, 6) is -2.24. The Morgan fingerprint density at radius 3 is 2.24 bits per heavy atom. The lowest BCUT2D eigenvalue weighted by atomic mass is 9.88. The number of nitrogens with one attached hydrogen (secondary N) is 2. The molecule has 1 fully saturated rings. The summed E-state index contributed by atoms with van der Waals surface area (Å²) in [6, 6.07) is 20.5. The maximum absolute atomic E-state index is 12.9. The third kappa shape index (κ3) is 5.44. The molecule has 1 aliphatic rings. The Labute approximate surface area is 223 Å². The van der Waals surface area contributed by atoms with Crippen molar-refractivity contribution in [2.24, 2.45) is 11.8 Å². The fourth-order valence-corrected chi connectivity index (χ4v) is 5.80. The number of hydrogen-bond donors (Lipinski definition) is 4. The van der Waals surface area contributed by atoms with E-state index < -0.39 is 17.8 Å². The van der Waals surface area contributed by atoms with E-state index in [4.69, 9.17) is 5.11 Å². The maximum Gasteiger partial charge on any atom is 0.307 e. The lowest BCUT2D eigenvalue weighted by molar-refractivity contribution is -0.142. The van der Waals surface area contributed by atoms with Crippen molar-refractivity contribution in [3.8, 4) is 11.1 Å². The fraction of sp³-hybridized carbons (Fsp3) is 0.241. The van der Waals surface area contributed by atoms with Crippen LogP contribution in [-0.2, 0) is 4.79 Å². The molecule has 0 unspecified atom stereocenters. The Hall–Kier alpha value is -4.08. The van der Waals surface area contributed by atoms with Crippen molar-refractivity contribution in [1.29, 1.82) is 0 Å². The van der Waals surface area contributed by atoms with Gasteiger partial charge in [-0.25, -0.2) is 4.98 Å². The number of aliphatic hydroxyl groups excluding tert-OH is 1. The molecule has 0 spiro atoms. The first-order valence-corrected chi connectivity index (χ1v) is 13.3. The molecule has 1 saturated carbocycles. The number of thiazole rings is 1. The topological polar surface area (TPSA) is 129 Å². The molecule has 8 nitrogen and oxygen atoms in total. The van der Waals surface area contributed by atoms with Crippen LogP contribution in [0, 0.1) is 11.8 Å². The van der Waals surface area contributed by atoms with Gasteiger partial charge in [-0.1, -0.05) is 54.2 Å². The van der Waals surface area contributed by atoms with Gasteiger partial charge in [-0.3, -0.25) is 14.4 Å². The summed E-state index contributed by atoms with van der Waals surface area (Å²) in [5, 5.41) is 24.9. The number of carbonyl (C=O) groups is 3. The summed E-state index contributed by atoms with van der Waals surface area (Å²) < 4.78 is 0.877. The number of aliphatic hydroxyl groups is 1. The average molecular weight is 530 g/mol. The van der Waals surface area contributed by atoms with Gasteiger partial charge in [-0.2, -0.15) is 0 Å². The highest BCUT2D eigenvalue weighted by Crippen LogP contribution is 2.35. The van der Waals surface area contributed by atoms with Crippen LogP contribution >= 0.6 is 11.3 Å². The molecule has 9 heteroatoms. The number of carboxylic acid groups (broad SMARTS) is 1. The van der Waals surface area contributed by atoms with Crippen molar-refractivity contribution in [2.75, 3.05) is 18.5 Å². The Kier molecular flexibility index (Phi) is 7.48. The van der Waals surface area contributed by atoms with Crippen LogP contribution in [0.4, 0.5) is 10.8 Å². The first kappa shape index (κ1) is 25.6. The van der Waals surface area contributed by atoms with Crippen molar-refractivity contribution in [3.05, 3.63) is 77.9 Å². The number of aliphatic carboxylic acids is 1. The molecule has 0 aliphatic heterocycles. The first-order chi connectivity index (χ1) is 18.4. The van der Waals surface area contributed by atoms with E-state index in [1.165, 1.54) is 11.3 Å². The summed E-state index contributed by atoms with van der Waals surface area (Å²) in [4.78, 5) is 41.1. The zero-order valence-corrected chi connectivity index (χ0v) is 21.3. The number of carbonyl (C=O) groups excluding carboxylic acids is 2. The Bertz CT molecular complexity index is 1480. The minimum Gasteiger partial charge on any atom is -0.481 e. The third-order valence-electron chi connectivity index (χ3n) is 6.86. The summed E-state index contributed by atoms with van der Waals surface area (Å²) in [6.07, 6.45) is 1.96. The van der Waals surface area contributed by atoms with Crippen molar-refractivity contribution < 1.29 is 24.6 Å². The second kappa shape index (κ2) is 11.1. The van der Waals surface area contributed by atoms with Crippen LogP contribution in [0.1, 0.15) is 40.0 Å². The quantitative estimate of drug-likeness (QED) is 0.222. The molecule has 2 atom stereocenters. The normalized spacial score (nSPS) is 16.9. The van der Waals surface area contributed by atoms with Gasteiger partial charge in [0.15, 0.2) is 10.9 Å². The number of rotatable bonds is 9. The Morgan fingerprint density at radius 2 is 1.55 bits per heavy atom. The number of fused-ring (bicyclic) bond motifs is 1. The van der Waals surface area contributed by atoms with Gasteiger partial charge in [0.25, 0.3) is 5.91 Å². The van der Waals surface area contributed by atoms with Crippen LogP contribution in [0.3, 0.4) is 0 Å². The molecule has 1 heterocycles. The monoisotopic (exact) mass is 529 g/mol. The van der Waals surface area contributed by atoms with Crippen molar-refractivity contribution in [1.82, 2.24) is 10.3 Å². The van der Waals surface area contributed by atoms with Gasteiger partial charge in [-0.05, 0) is 54.3 Å². The summed E-state index contributed by atoms with van der Waals surface area (Å²) in [6.45, 7) is 0.0973. The van der Waals surface area contributed by atoms with Crippen LogP contribution in [-0.4, -0.2) is 46.0 Å². The predicted molar refractivity (Wildman–Crippen MR) is 147 cm³/mol. The fourth-order valence-electron chi connectivity index (χ4n) is 4.87. The smallest absolute Gasteiger partial charge is 0.307 e. The van der Waals surface area contributed by atoms with Gasteiger partial charge < -0.3 is 20.8 Å². The number of aromatic nitrogens is 1. The number of hydrogen-bond acceptors (Lipinski definition) is 7. The summed E-state index contributed by atoms with van der Waals surface area (Å²) in [5.41, 5.74) is 4.66. The van der Waals surface area contributed by atoms with E-state index in [9.17, 15) is 19.5 Å². The number of anilines is 2. The Morgan fingerprint density at radius 1 is 0.895 bits per heavy atom. The maximum atomic E-state index is 12.9. The van der Waals surface area contributed by atoms with E-state index in [0.717, 1.165) is 33.5 Å². The van der Waals surface area contributed by atoms with Gasteiger partial charge >= 0.3 is 5.97 Å². The van der Waals surface area contributed by atoms with Gasteiger partial charge in [0, 0.05) is 29.3 Å². The predicted octanol–water partition coefficient (Wildman–Crippen LogP) is 5.11. The number of carboxylic acids is 1. The standard InChI is InChI=1S/C29H27N3O5S/c33-15-14-30-27(35)20-10-13-24-25(16-20)38-29(32-24)31-21-11-8-18(9-12-21)17-4-6-19(7-5-17)26(34)22-2-1-3-23(22)28(36)37/h4-13,16,22-23,33H,1-3,14-15H2,(H,30,35)(H,31,32)(H,36,37)/t22-,23-/m0/s1. The summed E-state index contributed by atoms with van der Waals surface area (Å²) in [7, 11) is 0. The molecule has 1 aliphatic carbocycles. The number of amides is 1. The Balaban J connectivity index is 1.25. The molecule has 1 amide bonds. The minimum absolute atomic E-state index is 0.0882. The van der Waals surface area contributed by atoms with Crippen LogP contribution in [0.15, 0.2) is 66.7 Å². The van der Waals surface area contributed by atoms with Gasteiger partial charge in [0.1, 0.15) is 0 Å². The molecule has 0 radical (unpaired) electrons. The van der Waals surface area contributed by atoms with E-state index in [-0.39, 0.29) is 24.8 Å². The molecular weight excluding hydrogens is 502 g/mol. The second-order valence-electron chi connectivity index (χ2n) is 9.31. The number of nitrogens with zero attached hydrogens (tertiary/aromatic N) is 1. The molecule has 3 aromatic carbocycles. The zero-order chi connectivity index (χ0) is 26.6. The SMILES string of the molecule is O=C(NCCO)c1ccc2nc(Nc3ccc(-c4ccc(C(=O)[C@H]5CCC[C@@H]5C(=O)O)cc4)cc3)sc2c1. The van der Waals surface area contributed by atoms with Crippen LogP contribution < -0.4 is 10.6 Å². The third-order valence-corrected chi connectivity index (χ3v) is 7.79. The lowest BCUT2D eigenvalue weighted by Crippen LogP contribution is -2.26. The summed E-state index contributed by atoms with van der Waals surface area (Å²) >= 11 is 1.44. The van der Waals surface area contributed by atoms with Crippen LogP contribution in [0.5, 0.6) is 0 Å².